The number of rotatable bonds is 7. The first-order valence-electron chi connectivity index (χ1n) is 11.5. The van der Waals surface area contributed by atoms with E-state index in [-0.39, 0.29) is 12.2 Å². The summed E-state index contributed by atoms with van der Waals surface area (Å²) in [6.07, 6.45) is 9.49. The van der Waals surface area contributed by atoms with E-state index in [0.717, 1.165) is 73.5 Å². The maximum atomic E-state index is 13.3. The third kappa shape index (κ3) is 4.09. The number of hydrogen-bond acceptors (Lipinski definition) is 6. The first kappa shape index (κ1) is 22.2. The molecule has 1 saturated heterocycles. The molecule has 1 aromatic carbocycles. The van der Waals surface area contributed by atoms with Crippen molar-refractivity contribution in [1.82, 2.24) is 19.1 Å². The SMILES string of the molecule is Cn1cc(N(CCN2CCC2)S(=O)(=O)N([O-])C(=O)Nc2c3c(cc4c2CCC4)CCC3)cn1. The largest absolute Gasteiger partial charge is 0.740 e. The van der Waals surface area contributed by atoms with Gasteiger partial charge >= 0.3 is 16.2 Å². The van der Waals surface area contributed by atoms with Crippen molar-refractivity contribution in [3.05, 3.63) is 45.9 Å². The zero-order valence-electron chi connectivity index (χ0n) is 18.8. The number of anilines is 2. The van der Waals surface area contributed by atoms with Gasteiger partial charge in [0.15, 0.2) is 0 Å². The minimum absolute atomic E-state index is 0.0657. The Morgan fingerprint density at radius 3 is 2.33 bits per heavy atom. The molecule has 0 atom stereocenters. The highest BCUT2D eigenvalue weighted by Crippen LogP contribution is 2.38. The van der Waals surface area contributed by atoms with Crippen LogP contribution in [0.5, 0.6) is 0 Å². The van der Waals surface area contributed by atoms with Gasteiger partial charge in [-0.1, -0.05) is 6.07 Å². The van der Waals surface area contributed by atoms with Gasteiger partial charge in [0.25, 0.3) is 0 Å². The molecular formula is C22H29N6O4S-. The van der Waals surface area contributed by atoms with Crippen molar-refractivity contribution < 1.29 is 13.2 Å². The topological polar surface area (TPSA) is 114 Å². The lowest BCUT2D eigenvalue weighted by Crippen LogP contribution is -2.49. The van der Waals surface area contributed by atoms with Gasteiger partial charge < -0.3 is 15.4 Å². The van der Waals surface area contributed by atoms with Crippen LogP contribution in [0.2, 0.25) is 0 Å². The third-order valence-corrected chi connectivity index (χ3v) is 8.44. The molecule has 10 nitrogen and oxygen atoms in total. The van der Waals surface area contributed by atoms with Gasteiger partial charge in [-0.2, -0.15) is 13.5 Å². The Bertz CT molecular complexity index is 1140. The van der Waals surface area contributed by atoms with E-state index in [1.807, 2.05) is 0 Å². The number of fused-ring (bicyclic) bond motifs is 2. The number of nitrogens with zero attached hydrogens (tertiary/aromatic N) is 5. The van der Waals surface area contributed by atoms with E-state index in [1.54, 1.807) is 7.05 Å². The molecule has 1 aliphatic heterocycles. The van der Waals surface area contributed by atoms with Crippen molar-refractivity contribution in [3.63, 3.8) is 0 Å². The van der Waals surface area contributed by atoms with E-state index < -0.39 is 20.7 Å². The molecule has 3 aliphatic rings. The number of carbonyl (C=O) groups excluding carboxylic acids is 1. The quantitative estimate of drug-likeness (QED) is 0.617. The van der Waals surface area contributed by atoms with Gasteiger partial charge in [0, 0.05) is 32.0 Å². The van der Waals surface area contributed by atoms with Crippen LogP contribution < -0.4 is 9.62 Å². The van der Waals surface area contributed by atoms with Crippen LogP contribution in [-0.4, -0.2) is 59.8 Å². The number of aromatic nitrogens is 2. The number of likely N-dealkylation sites (tertiary alicyclic amines) is 1. The molecule has 2 aromatic rings. The molecule has 1 N–H and O–H groups in total. The molecule has 0 spiro atoms. The van der Waals surface area contributed by atoms with Gasteiger partial charge in [-0.3, -0.25) is 9.15 Å². The number of hydrogen-bond donors (Lipinski definition) is 1. The van der Waals surface area contributed by atoms with E-state index in [4.69, 9.17) is 0 Å². The van der Waals surface area contributed by atoms with E-state index in [1.165, 1.54) is 28.2 Å². The predicted octanol–water partition coefficient (Wildman–Crippen LogP) is 2.19. The maximum absolute atomic E-state index is 13.3. The monoisotopic (exact) mass is 473 g/mol. The van der Waals surface area contributed by atoms with Gasteiger partial charge in [-0.15, -0.1) is 0 Å². The van der Waals surface area contributed by atoms with Crippen LogP contribution in [0.25, 0.3) is 0 Å². The second kappa shape index (κ2) is 8.62. The summed E-state index contributed by atoms with van der Waals surface area (Å²) >= 11 is 0. The summed E-state index contributed by atoms with van der Waals surface area (Å²) in [5.74, 6) is 0. The highest BCUT2D eigenvalue weighted by atomic mass is 32.2. The first-order valence-corrected chi connectivity index (χ1v) is 12.9. The van der Waals surface area contributed by atoms with Crippen LogP contribution in [0.1, 0.15) is 41.5 Å². The average molecular weight is 474 g/mol. The fourth-order valence-corrected chi connectivity index (χ4v) is 6.17. The lowest BCUT2D eigenvalue weighted by atomic mass is 9.99. The molecule has 178 valence electrons. The fourth-order valence-electron chi connectivity index (χ4n) is 5.07. The summed E-state index contributed by atoms with van der Waals surface area (Å²) in [7, 11) is -2.98. The molecular weight excluding hydrogens is 444 g/mol. The molecule has 2 amide bonds. The number of nitrogens with one attached hydrogen (secondary N) is 1. The molecule has 11 heteroatoms. The highest BCUT2D eigenvalue weighted by molar-refractivity contribution is 7.91. The molecule has 5 rings (SSSR count). The Labute approximate surface area is 193 Å². The van der Waals surface area contributed by atoms with Crippen LogP contribution in [0, 0.1) is 5.21 Å². The summed E-state index contributed by atoms with van der Waals surface area (Å²) in [4.78, 5) is 15.1. The van der Waals surface area contributed by atoms with Crippen LogP contribution in [0.3, 0.4) is 0 Å². The van der Waals surface area contributed by atoms with E-state index in [0.29, 0.717) is 12.2 Å². The standard InChI is InChI=1S/C22H29N6O4S/c1-25-15-18(14-23-25)27(12-11-26-9-4-10-26)33(31,32)28(30)22(29)24-21-19-7-2-5-16(19)13-17-6-3-8-20(17)21/h13-15H,2-12H2,1H3,(H,24,29)/q-1. The Morgan fingerprint density at radius 1 is 1.12 bits per heavy atom. The number of amides is 2. The molecule has 0 radical (unpaired) electrons. The Kier molecular flexibility index (Phi) is 5.79. The Hall–Kier alpha value is -2.63. The van der Waals surface area contributed by atoms with E-state index >= 15 is 0 Å². The lowest BCUT2D eigenvalue weighted by Gasteiger charge is -2.37. The molecule has 0 unspecified atom stereocenters. The third-order valence-electron chi connectivity index (χ3n) is 6.91. The average Bonchev–Trinajstić information content (AvgIpc) is 3.49. The smallest absolute Gasteiger partial charge is 0.326 e. The zero-order valence-corrected chi connectivity index (χ0v) is 19.6. The van der Waals surface area contributed by atoms with Crippen LogP contribution in [0.15, 0.2) is 18.5 Å². The van der Waals surface area contributed by atoms with Crippen LogP contribution >= 0.6 is 0 Å². The van der Waals surface area contributed by atoms with Gasteiger partial charge in [-0.25, -0.2) is 9.10 Å². The summed E-state index contributed by atoms with van der Waals surface area (Å²) < 4.78 is 28.6. The summed E-state index contributed by atoms with van der Waals surface area (Å²) in [5, 5.41) is 19.7. The molecule has 2 aliphatic carbocycles. The minimum atomic E-state index is -4.65. The van der Waals surface area contributed by atoms with Crippen LogP contribution in [-0.2, 0) is 42.9 Å². The number of benzene rings is 1. The number of urea groups is 1. The van der Waals surface area contributed by atoms with E-state index in [2.05, 4.69) is 21.4 Å². The summed E-state index contributed by atoms with van der Waals surface area (Å²) in [6.45, 7) is 2.33. The number of carbonyl (C=O) groups is 1. The molecule has 33 heavy (non-hydrogen) atoms. The number of aryl methyl sites for hydroxylation is 3. The molecule has 1 fully saturated rings. The van der Waals surface area contributed by atoms with Gasteiger partial charge in [0.1, 0.15) is 0 Å². The molecule has 0 saturated carbocycles. The highest BCUT2D eigenvalue weighted by Gasteiger charge is 2.31. The predicted molar refractivity (Wildman–Crippen MR) is 125 cm³/mol. The van der Waals surface area contributed by atoms with Crippen LogP contribution in [0.4, 0.5) is 16.2 Å². The molecule has 2 heterocycles. The maximum Gasteiger partial charge on any atom is 0.326 e. The van der Waals surface area contributed by atoms with Gasteiger partial charge in [-0.05, 0) is 80.3 Å². The van der Waals surface area contributed by atoms with Crippen molar-refractivity contribution in [3.8, 4) is 0 Å². The number of hydroxylamine groups is 1. The fraction of sp³-hybridized carbons (Fsp3) is 0.545. The van der Waals surface area contributed by atoms with Gasteiger partial charge in [0.05, 0.1) is 11.9 Å². The van der Waals surface area contributed by atoms with Crippen molar-refractivity contribution in [2.24, 2.45) is 7.05 Å². The summed E-state index contributed by atoms with van der Waals surface area (Å²) in [6, 6.07) is 1.04. The Balaban J connectivity index is 1.40. The lowest BCUT2D eigenvalue weighted by molar-refractivity contribution is 0.187. The van der Waals surface area contributed by atoms with Gasteiger partial charge in [0.2, 0.25) is 0 Å². The molecule has 0 bridgehead atoms. The van der Waals surface area contributed by atoms with Crippen molar-refractivity contribution in [2.75, 3.05) is 35.8 Å². The van der Waals surface area contributed by atoms with Crippen molar-refractivity contribution in [2.45, 2.75) is 44.9 Å². The van der Waals surface area contributed by atoms with Crippen molar-refractivity contribution in [1.29, 1.82) is 0 Å². The van der Waals surface area contributed by atoms with Crippen molar-refractivity contribution >= 4 is 27.6 Å². The zero-order chi connectivity index (χ0) is 23.2. The van der Waals surface area contributed by atoms with E-state index in [9.17, 15) is 18.4 Å². The molecule has 1 aromatic heterocycles. The second-order valence-electron chi connectivity index (χ2n) is 9.04. The summed E-state index contributed by atoms with van der Waals surface area (Å²) in [5.41, 5.74) is 5.36. The Morgan fingerprint density at radius 2 is 1.79 bits per heavy atom. The second-order valence-corrected chi connectivity index (χ2v) is 10.7. The first-order chi connectivity index (χ1) is 15.8. The normalized spacial score (nSPS) is 17.4. The minimum Gasteiger partial charge on any atom is -0.740 e.